The molecule has 0 unspecified atom stereocenters. The second-order valence-electron chi connectivity index (χ2n) is 9.69. The van der Waals surface area contributed by atoms with E-state index in [4.69, 9.17) is 4.74 Å². The van der Waals surface area contributed by atoms with Crippen LogP contribution in [-0.2, 0) is 7.05 Å². The molecule has 1 aromatic carbocycles. The molecule has 2 aliphatic heterocycles. The summed E-state index contributed by atoms with van der Waals surface area (Å²) in [6, 6.07) is 8.42. The maximum absolute atomic E-state index is 5.59. The van der Waals surface area contributed by atoms with Gasteiger partial charge in [0, 0.05) is 38.3 Å². The second kappa shape index (κ2) is 11.0. The molecule has 9 heteroatoms. The van der Waals surface area contributed by atoms with E-state index < -0.39 is 0 Å². The van der Waals surface area contributed by atoms with E-state index in [1.165, 1.54) is 50.8 Å². The number of rotatable bonds is 8. The number of ether oxygens (including phenoxy) is 1. The topological polar surface area (TPSA) is 72.2 Å². The summed E-state index contributed by atoms with van der Waals surface area (Å²) in [5.74, 6) is 2.85. The minimum Gasteiger partial charge on any atom is -0.495 e. The summed E-state index contributed by atoms with van der Waals surface area (Å²) in [5, 5.41) is 9.64. The van der Waals surface area contributed by atoms with Crippen LogP contribution in [0.5, 0.6) is 5.75 Å². The number of methoxy groups -OCH3 is 1. The van der Waals surface area contributed by atoms with Crippen LogP contribution in [0.4, 0.5) is 5.69 Å². The number of hydrogen-bond donors (Lipinski definition) is 0. The van der Waals surface area contributed by atoms with Crippen LogP contribution < -0.4 is 9.64 Å². The molecule has 1 spiro atoms. The summed E-state index contributed by atoms with van der Waals surface area (Å²) in [6.45, 7) is 5.87. The molecule has 35 heavy (non-hydrogen) atoms. The number of piperidine rings is 2. The minimum atomic E-state index is 0.528. The van der Waals surface area contributed by atoms with E-state index in [0.29, 0.717) is 5.41 Å². The monoisotopic (exact) mass is 493 g/mol. The molecule has 0 saturated carbocycles. The summed E-state index contributed by atoms with van der Waals surface area (Å²) in [4.78, 5) is 13.3. The largest absolute Gasteiger partial charge is 0.495 e. The zero-order chi connectivity index (χ0) is 24.1. The number of thioether (sulfide) groups is 1. The highest BCUT2D eigenvalue weighted by molar-refractivity contribution is 7.99. The Morgan fingerprint density at radius 3 is 2.43 bits per heavy atom. The molecule has 0 aliphatic carbocycles. The molecular formula is C26H35N7OS. The van der Waals surface area contributed by atoms with Crippen LogP contribution in [0.15, 0.2) is 48.1 Å². The summed E-state index contributed by atoms with van der Waals surface area (Å²) in [7, 11) is 3.77. The molecule has 2 aliphatic rings. The van der Waals surface area contributed by atoms with E-state index in [-0.39, 0.29) is 0 Å². The Kier molecular flexibility index (Phi) is 7.53. The van der Waals surface area contributed by atoms with Gasteiger partial charge >= 0.3 is 0 Å². The molecule has 2 saturated heterocycles. The molecule has 0 bridgehead atoms. The van der Waals surface area contributed by atoms with Crippen molar-refractivity contribution >= 4 is 17.4 Å². The van der Waals surface area contributed by atoms with Crippen molar-refractivity contribution in [3.8, 4) is 17.1 Å². The quantitative estimate of drug-likeness (QED) is 0.342. The summed E-state index contributed by atoms with van der Waals surface area (Å²) >= 11 is 1.78. The molecule has 4 heterocycles. The van der Waals surface area contributed by atoms with Gasteiger partial charge in [-0.2, -0.15) is 0 Å². The fourth-order valence-electron chi connectivity index (χ4n) is 5.42. The van der Waals surface area contributed by atoms with Gasteiger partial charge in [0.1, 0.15) is 12.1 Å². The Bertz CT molecular complexity index is 1090. The van der Waals surface area contributed by atoms with Gasteiger partial charge in [-0.1, -0.05) is 23.9 Å². The van der Waals surface area contributed by atoms with Crippen molar-refractivity contribution in [3.63, 3.8) is 0 Å². The van der Waals surface area contributed by atoms with Crippen molar-refractivity contribution in [2.45, 2.75) is 37.3 Å². The summed E-state index contributed by atoms with van der Waals surface area (Å²) in [5.41, 5.74) is 2.66. The van der Waals surface area contributed by atoms with Crippen LogP contribution in [0, 0.1) is 5.41 Å². The predicted molar refractivity (Wildman–Crippen MR) is 140 cm³/mol. The Hall–Kier alpha value is -2.65. The van der Waals surface area contributed by atoms with Gasteiger partial charge in [-0.25, -0.2) is 9.97 Å². The number of anilines is 1. The van der Waals surface area contributed by atoms with Gasteiger partial charge in [0.2, 0.25) is 0 Å². The molecule has 0 amide bonds. The lowest BCUT2D eigenvalue weighted by molar-refractivity contribution is 0.0801. The number of benzene rings is 1. The second-order valence-corrected chi connectivity index (χ2v) is 10.8. The molecule has 8 nitrogen and oxygen atoms in total. The normalized spacial score (nSPS) is 18.2. The van der Waals surface area contributed by atoms with Gasteiger partial charge in [-0.15, -0.1) is 10.2 Å². The van der Waals surface area contributed by atoms with Gasteiger partial charge in [-0.05, 0) is 69.3 Å². The third kappa shape index (κ3) is 5.46. The van der Waals surface area contributed by atoms with Crippen LogP contribution >= 0.6 is 11.8 Å². The van der Waals surface area contributed by atoms with Gasteiger partial charge in [-0.3, -0.25) is 0 Å². The maximum Gasteiger partial charge on any atom is 0.191 e. The predicted octanol–water partition coefficient (Wildman–Crippen LogP) is 4.15. The first-order valence-corrected chi connectivity index (χ1v) is 13.5. The van der Waals surface area contributed by atoms with Crippen molar-refractivity contribution in [2.24, 2.45) is 12.5 Å². The minimum absolute atomic E-state index is 0.528. The molecule has 5 rings (SSSR count). The molecule has 3 aromatic rings. The lowest BCUT2D eigenvalue weighted by Crippen LogP contribution is -2.47. The van der Waals surface area contributed by atoms with Crippen LogP contribution in [-0.4, -0.2) is 75.2 Å². The van der Waals surface area contributed by atoms with Crippen molar-refractivity contribution in [1.29, 1.82) is 0 Å². The standard InChI is InChI=1S/C26H35N7OS/c1-31-24(21-18-27-20-28-19-21)29-30-25(31)35-17-5-12-32-13-8-26(9-14-32)10-15-33(16-11-26)22-6-3-4-7-23(22)34-2/h3-4,6-7,18-20H,5,8-17H2,1-2H3. The molecule has 2 aromatic heterocycles. The molecule has 2 fully saturated rings. The van der Waals surface area contributed by atoms with E-state index >= 15 is 0 Å². The Labute approximate surface area is 212 Å². The zero-order valence-corrected chi connectivity index (χ0v) is 21.6. The van der Waals surface area contributed by atoms with Gasteiger partial charge in [0.05, 0.1) is 18.4 Å². The van der Waals surface area contributed by atoms with Crippen LogP contribution in [0.1, 0.15) is 32.1 Å². The van der Waals surface area contributed by atoms with E-state index in [1.54, 1.807) is 31.3 Å². The van der Waals surface area contributed by atoms with E-state index in [0.717, 1.165) is 54.1 Å². The number of nitrogens with zero attached hydrogens (tertiary/aromatic N) is 7. The third-order valence-electron chi connectivity index (χ3n) is 7.67. The lowest BCUT2D eigenvalue weighted by Gasteiger charge is -2.47. The number of para-hydroxylation sites is 2. The molecule has 186 valence electrons. The first-order valence-electron chi connectivity index (χ1n) is 12.6. The Morgan fingerprint density at radius 2 is 1.69 bits per heavy atom. The van der Waals surface area contributed by atoms with Gasteiger partial charge < -0.3 is 19.1 Å². The number of hydrogen-bond acceptors (Lipinski definition) is 8. The highest BCUT2D eigenvalue weighted by Crippen LogP contribution is 2.43. The van der Waals surface area contributed by atoms with Crippen molar-refractivity contribution < 1.29 is 4.74 Å². The van der Waals surface area contributed by atoms with E-state index in [1.807, 2.05) is 17.7 Å². The Morgan fingerprint density at radius 1 is 0.971 bits per heavy atom. The first-order chi connectivity index (χ1) is 17.2. The zero-order valence-electron chi connectivity index (χ0n) is 20.8. The summed E-state index contributed by atoms with van der Waals surface area (Å²) < 4.78 is 7.62. The smallest absolute Gasteiger partial charge is 0.191 e. The molecular weight excluding hydrogens is 458 g/mol. The number of likely N-dealkylation sites (tertiary alicyclic amines) is 1. The van der Waals surface area contributed by atoms with Crippen LogP contribution in [0.25, 0.3) is 11.4 Å². The SMILES string of the molecule is COc1ccccc1N1CCC2(CCN(CCCSc3nnc(-c4cncnc4)n3C)CC2)CC1. The third-order valence-corrected chi connectivity index (χ3v) is 8.78. The van der Waals surface area contributed by atoms with Gasteiger partial charge in [0.15, 0.2) is 11.0 Å². The molecule has 0 N–H and O–H groups in total. The number of aromatic nitrogens is 5. The van der Waals surface area contributed by atoms with Crippen LogP contribution in [0.2, 0.25) is 0 Å². The van der Waals surface area contributed by atoms with Gasteiger partial charge in [0.25, 0.3) is 0 Å². The molecule has 0 atom stereocenters. The highest BCUT2D eigenvalue weighted by Gasteiger charge is 2.37. The fraction of sp³-hybridized carbons (Fsp3) is 0.538. The molecule has 0 radical (unpaired) electrons. The summed E-state index contributed by atoms with van der Waals surface area (Å²) in [6.07, 6.45) is 11.5. The van der Waals surface area contributed by atoms with Crippen molar-refractivity contribution in [3.05, 3.63) is 43.0 Å². The Balaban J connectivity index is 1.04. The maximum atomic E-state index is 5.59. The first kappa shape index (κ1) is 24.1. The van der Waals surface area contributed by atoms with Crippen LogP contribution in [0.3, 0.4) is 0 Å². The average molecular weight is 494 g/mol. The highest BCUT2D eigenvalue weighted by atomic mass is 32.2. The fourth-order valence-corrected chi connectivity index (χ4v) is 6.26. The lowest BCUT2D eigenvalue weighted by atomic mass is 9.71. The van der Waals surface area contributed by atoms with E-state index in [9.17, 15) is 0 Å². The van der Waals surface area contributed by atoms with Crippen molar-refractivity contribution in [1.82, 2.24) is 29.6 Å². The van der Waals surface area contributed by atoms with Crippen molar-refractivity contribution in [2.75, 3.05) is 50.5 Å². The van der Waals surface area contributed by atoms with E-state index in [2.05, 4.69) is 48.2 Å². The average Bonchev–Trinajstić information content (AvgIpc) is 3.28.